The minimum Gasteiger partial charge on any atom is -0.456 e. The number of ether oxygens (including phenoxy) is 2. The van der Waals surface area contributed by atoms with Gasteiger partial charge in [0.05, 0.1) is 10.2 Å². The van der Waals surface area contributed by atoms with Crippen molar-refractivity contribution in [1.82, 2.24) is 9.88 Å². The molecule has 1 saturated heterocycles. The second-order valence-corrected chi connectivity index (χ2v) is 10.3. The molecule has 0 radical (unpaired) electrons. The number of hydrogen-bond donors (Lipinski definition) is 0. The smallest absolute Gasteiger partial charge is 0.410 e. The van der Waals surface area contributed by atoms with Gasteiger partial charge in [0.1, 0.15) is 17.7 Å². The van der Waals surface area contributed by atoms with Crippen molar-refractivity contribution >= 4 is 45.2 Å². The van der Waals surface area contributed by atoms with Crippen molar-refractivity contribution in [1.29, 1.82) is 0 Å². The monoisotopic (exact) mass is 542 g/mol. The highest BCUT2D eigenvalue weighted by atomic mass is 32.1. The van der Waals surface area contributed by atoms with Crippen LogP contribution in [0.15, 0.2) is 72.8 Å². The van der Waals surface area contributed by atoms with E-state index in [1.54, 1.807) is 30.3 Å². The van der Waals surface area contributed by atoms with Gasteiger partial charge in [0.2, 0.25) is 0 Å². The molecule has 8 nitrogen and oxygen atoms in total. The van der Waals surface area contributed by atoms with Gasteiger partial charge in [-0.1, -0.05) is 54.6 Å². The first kappa shape index (κ1) is 26.2. The summed E-state index contributed by atoms with van der Waals surface area (Å²) in [6.45, 7) is 1.60. The Morgan fingerprint density at radius 1 is 0.949 bits per heavy atom. The van der Waals surface area contributed by atoms with Crippen LogP contribution in [-0.2, 0) is 20.9 Å². The minimum atomic E-state index is -0.776. The van der Waals surface area contributed by atoms with E-state index in [1.807, 2.05) is 42.5 Å². The Bertz CT molecular complexity index is 1530. The number of ketones is 2. The molecule has 1 fully saturated rings. The number of benzene rings is 3. The van der Waals surface area contributed by atoms with Crippen LogP contribution in [0.5, 0.6) is 0 Å². The first-order valence-corrected chi connectivity index (χ1v) is 13.4. The molecular formula is C30H26N2O6S. The number of rotatable bonds is 8. The Labute approximate surface area is 229 Å². The topological polar surface area (TPSA) is 103 Å². The normalized spacial score (nSPS) is 14.8. The van der Waals surface area contributed by atoms with Crippen molar-refractivity contribution in [2.45, 2.75) is 32.4 Å². The highest BCUT2D eigenvalue weighted by Gasteiger charge is 2.36. The first-order valence-electron chi connectivity index (χ1n) is 12.6. The molecule has 4 aromatic rings. The van der Waals surface area contributed by atoms with Gasteiger partial charge in [-0.05, 0) is 43.5 Å². The van der Waals surface area contributed by atoms with Gasteiger partial charge < -0.3 is 9.47 Å². The lowest BCUT2D eigenvalue weighted by Gasteiger charge is -2.22. The SMILES string of the molecule is CC(=O)c1ccc(-c2nc3ccc(C(=O)COC(=O)[C@@H]4CCCN4C(=O)OCc4ccccc4)cc3s2)cc1. The Balaban J connectivity index is 1.19. The van der Waals surface area contributed by atoms with Crippen molar-refractivity contribution in [3.05, 3.63) is 89.5 Å². The number of carbonyl (C=O) groups excluding carboxylic acids is 4. The van der Waals surface area contributed by atoms with Crippen LogP contribution in [-0.4, -0.2) is 52.7 Å². The molecule has 3 aromatic carbocycles. The second kappa shape index (κ2) is 11.6. The summed E-state index contributed by atoms with van der Waals surface area (Å²) in [7, 11) is 0. The predicted molar refractivity (Wildman–Crippen MR) is 147 cm³/mol. The molecule has 0 saturated carbocycles. The molecular weight excluding hydrogens is 516 g/mol. The fourth-order valence-electron chi connectivity index (χ4n) is 4.42. The van der Waals surface area contributed by atoms with Gasteiger partial charge in [0.15, 0.2) is 18.2 Å². The van der Waals surface area contributed by atoms with E-state index in [2.05, 4.69) is 4.98 Å². The first-order chi connectivity index (χ1) is 18.9. The van der Waals surface area contributed by atoms with Gasteiger partial charge in [-0.3, -0.25) is 14.5 Å². The van der Waals surface area contributed by atoms with Crippen LogP contribution in [0.1, 0.15) is 46.0 Å². The van der Waals surface area contributed by atoms with Crippen molar-refractivity contribution in [2.24, 2.45) is 0 Å². The molecule has 0 unspecified atom stereocenters. The van der Waals surface area contributed by atoms with Crippen LogP contribution in [0.4, 0.5) is 4.79 Å². The van der Waals surface area contributed by atoms with Crippen LogP contribution < -0.4 is 0 Å². The number of esters is 1. The van der Waals surface area contributed by atoms with Crippen LogP contribution in [0.25, 0.3) is 20.8 Å². The average Bonchev–Trinajstić information content (AvgIpc) is 3.62. The summed E-state index contributed by atoms with van der Waals surface area (Å²) in [5.41, 5.74) is 3.52. The molecule has 198 valence electrons. The van der Waals surface area contributed by atoms with Crippen molar-refractivity contribution < 1.29 is 28.7 Å². The van der Waals surface area contributed by atoms with Crippen LogP contribution in [0.3, 0.4) is 0 Å². The maximum Gasteiger partial charge on any atom is 0.410 e. The lowest BCUT2D eigenvalue weighted by Crippen LogP contribution is -2.42. The van der Waals surface area contributed by atoms with Crippen molar-refractivity contribution in [3.63, 3.8) is 0 Å². The number of fused-ring (bicyclic) bond motifs is 1. The molecule has 0 aliphatic carbocycles. The van der Waals surface area contributed by atoms with Gasteiger partial charge in [-0.2, -0.15) is 0 Å². The Kier molecular flexibility index (Phi) is 7.79. The summed E-state index contributed by atoms with van der Waals surface area (Å²) in [5.74, 6) is -0.965. The van der Waals surface area contributed by atoms with E-state index in [-0.39, 0.29) is 18.2 Å². The number of thiazole rings is 1. The molecule has 0 N–H and O–H groups in total. The number of likely N-dealkylation sites (tertiary alicyclic amines) is 1. The van der Waals surface area contributed by atoms with E-state index < -0.39 is 24.7 Å². The predicted octanol–water partition coefficient (Wildman–Crippen LogP) is 5.69. The molecule has 9 heteroatoms. The summed E-state index contributed by atoms with van der Waals surface area (Å²) >= 11 is 1.43. The Morgan fingerprint density at radius 3 is 2.44 bits per heavy atom. The molecule has 1 atom stereocenters. The minimum absolute atomic E-state index is 0.00154. The molecule has 39 heavy (non-hydrogen) atoms. The fourth-order valence-corrected chi connectivity index (χ4v) is 5.43. The van der Waals surface area contributed by atoms with E-state index in [0.717, 1.165) is 26.4 Å². The van der Waals surface area contributed by atoms with E-state index in [0.29, 0.717) is 30.5 Å². The number of nitrogens with zero attached hydrogens (tertiary/aromatic N) is 2. The number of hydrogen-bond acceptors (Lipinski definition) is 8. The maximum atomic E-state index is 12.8. The third kappa shape index (κ3) is 6.04. The van der Waals surface area contributed by atoms with E-state index >= 15 is 0 Å². The number of aromatic nitrogens is 1. The molecule has 5 rings (SSSR count). The van der Waals surface area contributed by atoms with Crippen molar-refractivity contribution in [3.8, 4) is 10.6 Å². The van der Waals surface area contributed by atoms with Crippen LogP contribution in [0, 0.1) is 0 Å². The zero-order chi connectivity index (χ0) is 27.4. The fraction of sp³-hybridized carbons (Fsp3) is 0.233. The van der Waals surface area contributed by atoms with E-state index in [4.69, 9.17) is 9.47 Å². The van der Waals surface area contributed by atoms with E-state index in [9.17, 15) is 19.2 Å². The summed E-state index contributed by atoms with van der Waals surface area (Å²) < 4.78 is 11.5. The molecule has 2 heterocycles. The lowest BCUT2D eigenvalue weighted by molar-refractivity contribution is -0.147. The number of carbonyl (C=O) groups is 4. The lowest BCUT2D eigenvalue weighted by atomic mass is 10.1. The van der Waals surface area contributed by atoms with Gasteiger partial charge in [-0.15, -0.1) is 11.3 Å². The van der Waals surface area contributed by atoms with E-state index in [1.165, 1.54) is 23.2 Å². The Hall–Kier alpha value is -4.37. The molecule has 1 aliphatic rings. The van der Waals surface area contributed by atoms with Crippen molar-refractivity contribution in [2.75, 3.05) is 13.2 Å². The van der Waals surface area contributed by atoms with Gasteiger partial charge in [-0.25, -0.2) is 14.6 Å². The van der Waals surface area contributed by atoms with Gasteiger partial charge >= 0.3 is 12.1 Å². The summed E-state index contributed by atoms with van der Waals surface area (Å²) in [6, 6.07) is 20.9. The molecule has 1 aliphatic heterocycles. The molecule has 0 spiro atoms. The molecule has 1 aromatic heterocycles. The number of Topliss-reactive ketones (excluding diaryl/α,β-unsaturated/α-hetero) is 2. The third-order valence-electron chi connectivity index (χ3n) is 6.56. The zero-order valence-corrected chi connectivity index (χ0v) is 22.1. The summed E-state index contributed by atoms with van der Waals surface area (Å²) in [4.78, 5) is 55.7. The molecule has 1 amide bonds. The quantitative estimate of drug-likeness (QED) is 0.208. The average molecular weight is 543 g/mol. The highest BCUT2D eigenvalue weighted by molar-refractivity contribution is 7.21. The molecule has 0 bridgehead atoms. The van der Waals surface area contributed by atoms with Gasteiger partial charge in [0.25, 0.3) is 0 Å². The largest absolute Gasteiger partial charge is 0.456 e. The third-order valence-corrected chi connectivity index (χ3v) is 7.63. The maximum absolute atomic E-state index is 12.8. The second-order valence-electron chi connectivity index (χ2n) is 9.26. The number of amides is 1. The van der Waals surface area contributed by atoms with Gasteiger partial charge in [0, 0.05) is 23.2 Å². The van der Waals surface area contributed by atoms with Crippen LogP contribution >= 0.6 is 11.3 Å². The summed E-state index contributed by atoms with van der Waals surface area (Å²) in [6.07, 6.45) is 0.527. The summed E-state index contributed by atoms with van der Waals surface area (Å²) in [5, 5.41) is 0.775. The standard InChI is InChI=1S/C30H26N2O6S/c1-19(33)21-9-11-22(12-10-21)28-31-24-14-13-23(16-27(24)39-28)26(34)18-37-29(35)25-8-5-15-32(25)30(36)38-17-20-6-3-2-4-7-20/h2-4,6-7,9-14,16,25H,5,8,15,17-18H2,1H3/t25-/m0/s1. The Morgan fingerprint density at radius 2 is 1.69 bits per heavy atom. The zero-order valence-electron chi connectivity index (χ0n) is 21.3. The van der Waals surface area contributed by atoms with Crippen LogP contribution in [0.2, 0.25) is 0 Å². The highest BCUT2D eigenvalue weighted by Crippen LogP contribution is 2.31.